The fourth-order valence-electron chi connectivity index (χ4n) is 4.32. The van der Waals surface area contributed by atoms with E-state index in [0.29, 0.717) is 35.1 Å². The normalized spacial score (nSPS) is 15.8. The maximum Gasteiger partial charge on any atom is 0.458 e. The second-order valence-electron chi connectivity index (χ2n) is 8.81. The summed E-state index contributed by atoms with van der Waals surface area (Å²) in [7, 11) is 0.703. The average molecular weight is 608 g/mol. The summed E-state index contributed by atoms with van der Waals surface area (Å²) in [4.78, 5) is 0. The fraction of sp³-hybridized carbons (Fsp3) is 0.200. The Morgan fingerprint density at radius 3 is 2.54 bits per heavy atom. The lowest BCUT2D eigenvalue weighted by Crippen LogP contribution is -2.32. The van der Waals surface area contributed by atoms with E-state index < -0.39 is 7.12 Å². The van der Waals surface area contributed by atoms with Gasteiger partial charge in [0.1, 0.15) is 12.4 Å². The molecule has 4 rings (SSSR count). The molecule has 1 aliphatic heterocycles. The van der Waals surface area contributed by atoms with Crippen LogP contribution < -0.4 is 9.47 Å². The molecule has 7 heteroatoms. The van der Waals surface area contributed by atoms with Crippen molar-refractivity contribution in [3.8, 4) is 17.2 Å². The van der Waals surface area contributed by atoms with Crippen LogP contribution in [0.5, 0.6) is 17.2 Å². The van der Waals surface area contributed by atoms with Crippen molar-refractivity contribution in [2.45, 2.75) is 25.3 Å². The molecule has 0 spiro atoms. The summed E-state index contributed by atoms with van der Waals surface area (Å²) in [5, 5.41) is 20.5. The highest BCUT2D eigenvalue weighted by molar-refractivity contribution is 14.1. The smallest absolute Gasteiger partial charge is 0.458 e. The lowest BCUT2D eigenvalue weighted by Gasteiger charge is -2.28. The van der Waals surface area contributed by atoms with Crippen LogP contribution in [-0.2, 0) is 4.65 Å². The van der Waals surface area contributed by atoms with Gasteiger partial charge in [-0.3, -0.25) is 0 Å². The zero-order valence-electron chi connectivity index (χ0n) is 20.8. The number of para-hydroxylation sites is 1. The number of methoxy groups -OCH3 is 1. The lowest BCUT2D eigenvalue weighted by molar-refractivity contribution is 0.182. The molecule has 0 aliphatic carbocycles. The Labute approximate surface area is 232 Å². The average Bonchev–Trinajstić information content (AvgIpc) is 2.92. The minimum absolute atomic E-state index is 0.136. The van der Waals surface area contributed by atoms with Gasteiger partial charge in [-0.1, -0.05) is 67.3 Å². The first-order valence-electron chi connectivity index (χ1n) is 12.2. The van der Waals surface area contributed by atoms with Gasteiger partial charge in [-0.2, -0.15) is 0 Å². The van der Waals surface area contributed by atoms with Gasteiger partial charge in [0.25, 0.3) is 0 Å². The number of phenols is 1. The van der Waals surface area contributed by atoms with Gasteiger partial charge in [-0.15, -0.1) is 0 Å². The van der Waals surface area contributed by atoms with E-state index in [1.54, 1.807) is 7.11 Å². The number of aromatic hydroxyl groups is 1. The summed E-state index contributed by atoms with van der Waals surface area (Å²) in [5.74, 6) is 1.35. The van der Waals surface area contributed by atoms with E-state index in [9.17, 15) is 10.1 Å². The molecule has 3 aromatic rings. The van der Waals surface area contributed by atoms with Crippen LogP contribution in [0, 0.1) is 3.57 Å². The molecule has 0 fully saturated rings. The number of phenolic OH excluding ortho intramolecular Hbond substituents is 1. The van der Waals surface area contributed by atoms with Gasteiger partial charge >= 0.3 is 7.12 Å². The van der Waals surface area contributed by atoms with Gasteiger partial charge in [0.2, 0.25) is 0 Å². The third kappa shape index (κ3) is 7.28. The Balaban J connectivity index is 1.54. The first kappa shape index (κ1) is 27.0. The Bertz CT molecular complexity index is 1270. The van der Waals surface area contributed by atoms with Crippen LogP contribution in [0.25, 0.3) is 11.6 Å². The van der Waals surface area contributed by atoms with Gasteiger partial charge in [0.15, 0.2) is 11.5 Å². The Morgan fingerprint density at radius 1 is 1.14 bits per heavy atom. The minimum Gasteiger partial charge on any atom is -0.504 e. The van der Waals surface area contributed by atoms with Gasteiger partial charge in [0, 0.05) is 6.32 Å². The van der Waals surface area contributed by atoms with Crippen molar-refractivity contribution in [3.63, 3.8) is 0 Å². The topological polar surface area (TPSA) is 68.2 Å². The van der Waals surface area contributed by atoms with Gasteiger partial charge in [0.05, 0.1) is 16.8 Å². The van der Waals surface area contributed by atoms with E-state index in [4.69, 9.17) is 14.1 Å². The summed E-state index contributed by atoms with van der Waals surface area (Å²) >= 11 is 2.10. The number of allylic oxidation sites excluding steroid dienone is 2. The summed E-state index contributed by atoms with van der Waals surface area (Å²) in [6.07, 6.45) is 5.58. The number of ether oxygens (including phenoxy) is 2. The van der Waals surface area contributed by atoms with Crippen LogP contribution in [0.15, 0.2) is 96.6 Å². The lowest BCUT2D eigenvalue weighted by atomic mass is 9.78. The highest BCUT2D eigenvalue weighted by Gasteiger charge is 2.28. The molecular formula is C30H30BIO5. The van der Waals surface area contributed by atoms with Crippen molar-refractivity contribution in [2.75, 3.05) is 13.7 Å². The third-order valence-corrected chi connectivity index (χ3v) is 7.03. The van der Waals surface area contributed by atoms with Crippen molar-refractivity contribution in [1.29, 1.82) is 0 Å². The Hall–Kier alpha value is -3.01. The van der Waals surface area contributed by atoms with Crippen LogP contribution in [0.3, 0.4) is 0 Å². The molecule has 0 amide bonds. The van der Waals surface area contributed by atoms with Gasteiger partial charge in [-0.25, -0.2) is 0 Å². The molecule has 2 N–H and O–H groups in total. The van der Waals surface area contributed by atoms with Crippen molar-refractivity contribution in [1.82, 2.24) is 0 Å². The first-order chi connectivity index (χ1) is 17.9. The maximum absolute atomic E-state index is 10.3. The standard InChI is InChI=1S/C30H30BIO5/c1-21(20-36-25-11-7-4-8-12-25)26-15-16-31(34)37-28(26)14-13-24(23-9-5-3-6-10-23)17-22-18-27(32)30(33)29(19-22)35-2/h3-12,15,17-19,28,33-34H,1,13-14,16,20H2,2H3/b24-17-. The summed E-state index contributed by atoms with van der Waals surface area (Å²) < 4.78 is 18.0. The molecule has 1 aliphatic rings. The van der Waals surface area contributed by atoms with Gasteiger partial charge < -0.3 is 24.3 Å². The maximum atomic E-state index is 10.3. The predicted molar refractivity (Wildman–Crippen MR) is 158 cm³/mol. The van der Waals surface area contributed by atoms with E-state index in [1.165, 1.54) is 0 Å². The number of benzene rings is 3. The van der Waals surface area contributed by atoms with Crippen LogP contribution in [0.1, 0.15) is 24.0 Å². The first-order valence-corrected chi connectivity index (χ1v) is 13.2. The monoisotopic (exact) mass is 608 g/mol. The summed E-state index contributed by atoms with van der Waals surface area (Å²) in [6.45, 7) is 4.60. The van der Waals surface area contributed by atoms with E-state index in [-0.39, 0.29) is 11.9 Å². The van der Waals surface area contributed by atoms with E-state index in [2.05, 4.69) is 47.4 Å². The predicted octanol–water partition coefficient (Wildman–Crippen LogP) is 6.77. The fourth-order valence-corrected chi connectivity index (χ4v) is 4.94. The molecule has 0 saturated carbocycles. The molecule has 37 heavy (non-hydrogen) atoms. The highest BCUT2D eigenvalue weighted by atomic mass is 127. The second kappa shape index (κ2) is 13.0. The molecular weight excluding hydrogens is 578 g/mol. The quantitative estimate of drug-likeness (QED) is 0.151. The molecule has 1 heterocycles. The zero-order chi connectivity index (χ0) is 26.2. The van der Waals surface area contributed by atoms with Crippen molar-refractivity contribution < 1.29 is 24.3 Å². The van der Waals surface area contributed by atoms with Crippen LogP contribution in [-0.4, -0.2) is 37.1 Å². The number of rotatable bonds is 10. The van der Waals surface area contributed by atoms with Crippen LogP contribution in [0.2, 0.25) is 6.32 Å². The molecule has 190 valence electrons. The zero-order valence-corrected chi connectivity index (χ0v) is 22.9. The largest absolute Gasteiger partial charge is 0.504 e. The Kier molecular flexibility index (Phi) is 9.49. The van der Waals surface area contributed by atoms with Gasteiger partial charge in [-0.05, 0) is 87.5 Å². The molecule has 3 aromatic carbocycles. The number of halogens is 1. The third-order valence-electron chi connectivity index (χ3n) is 6.20. The minimum atomic E-state index is -0.844. The highest BCUT2D eigenvalue weighted by Crippen LogP contribution is 2.35. The molecule has 5 nitrogen and oxygen atoms in total. The van der Waals surface area contributed by atoms with E-state index >= 15 is 0 Å². The molecule has 0 aromatic heterocycles. The molecule has 1 atom stereocenters. The van der Waals surface area contributed by atoms with Crippen molar-refractivity contribution >= 4 is 41.4 Å². The van der Waals surface area contributed by atoms with Crippen molar-refractivity contribution in [3.05, 3.63) is 111 Å². The Morgan fingerprint density at radius 2 is 1.84 bits per heavy atom. The van der Waals surface area contributed by atoms with E-state index in [1.807, 2.05) is 66.7 Å². The summed E-state index contributed by atoms with van der Waals surface area (Å²) in [5.41, 5.74) is 4.94. The molecule has 0 saturated heterocycles. The van der Waals surface area contributed by atoms with Crippen molar-refractivity contribution in [2.24, 2.45) is 0 Å². The summed E-state index contributed by atoms with van der Waals surface area (Å²) in [6, 6.07) is 23.6. The number of hydrogen-bond donors (Lipinski definition) is 2. The SMILES string of the molecule is C=C(COc1ccccc1)C1=CCB(O)OC1CC/C(=C/c1cc(I)c(O)c(OC)c1)c1ccccc1. The van der Waals surface area contributed by atoms with Crippen LogP contribution in [0.4, 0.5) is 0 Å². The molecule has 0 bridgehead atoms. The number of hydrogen-bond acceptors (Lipinski definition) is 5. The molecule has 0 radical (unpaired) electrons. The van der Waals surface area contributed by atoms with E-state index in [0.717, 1.165) is 33.6 Å². The van der Waals surface area contributed by atoms with Crippen LogP contribution >= 0.6 is 22.6 Å². The second-order valence-corrected chi connectivity index (χ2v) is 9.97. The molecule has 1 unspecified atom stereocenters.